The zero-order valence-corrected chi connectivity index (χ0v) is 15.1. The zero-order chi connectivity index (χ0) is 18.2. The van der Waals surface area contributed by atoms with Gasteiger partial charge in [0.1, 0.15) is 5.82 Å². The van der Waals surface area contributed by atoms with E-state index in [1.54, 1.807) is 24.3 Å². The van der Waals surface area contributed by atoms with Crippen molar-refractivity contribution in [2.45, 2.75) is 11.3 Å². The van der Waals surface area contributed by atoms with E-state index in [2.05, 4.69) is 16.2 Å². The number of hydrogen-bond acceptors (Lipinski definition) is 3. The van der Waals surface area contributed by atoms with Gasteiger partial charge in [0, 0.05) is 22.1 Å². The topological polar surface area (TPSA) is 70.2 Å². The molecule has 0 aliphatic heterocycles. The van der Waals surface area contributed by atoms with E-state index in [9.17, 15) is 14.0 Å². The summed E-state index contributed by atoms with van der Waals surface area (Å²) in [4.78, 5) is 24.3. The highest BCUT2D eigenvalue weighted by molar-refractivity contribution is 7.99. The second-order valence-corrected chi connectivity index (χ2v) is 6.82. The minimum Gasteiger partial charge on any atom is -0.305 e. The molecule has 3 amide bonds. The number of urea groups is 1. The van der Waals surface area contributed by atoms with Crippen molar-refractivity contribution in [1.29, 1.82) is 0 Å². The number of benzene rings is 2. The molecule has 132 valence electrons. The summed E-state index contributed by atoms with van der Waals surface area (Å²) in [6.45, 7) is 0. The molecule has 0 unspecified atom stereocenters. The maximum absolute atomic E-state index is 12.8. The Kier molecular flexibility index (Phi) is 7.36. The normalized spacial score (nSPS) is 10.2. The third-order valence-electron chi connectivity index (χ3n) is 2.90. The van der Waals surface area contributed by atoms with Crippen molar-refractivity contribution in [1.82, 2.24) is 10.9 Å². The molecule has 0 atom stereocenters. The summed E-state index contributed by atoms with van der Waals surface area (Å²) in [5.74, 6) is -0.181. The van der Waals surface area contributed by atoms with Crippen LogP contribution in [-0.4, -0.2) is 17.7 Å². The van der Waals surface area contributed by atoms with E-state index in [-0.39, 0.29) is 18.1 Å². The maximum atomic E-state index is 12.8. The van der Waals surface area contributed by atoms with Crippen LogP contribution in [0.5, 0.6) is 0 Å². The van der Waals surface area contributed by atoms with Gasteiger partial charge in [-0.2, -0.15) is 0 Å². The molecule has 0 aliphatic rings. The molecule has 0 spiro atoms. The van der Waals surface area contributed by atoms with E-state index in [1.807, 2.05) is 0 Å². The number of nitrogens with one attached hydrogen (secondary N) is 3. The Hall–Kier alpha value is -1.96. The van der Waals surface area contributed by atoms with Crippen molar-refractivity contribution in [2.24, 2.45) is 0 Å². The molecule has 9 heteroatoms. The molecule has 5 nitrogen and oxygen atoms in total. The van der Waals surface area contributed by atoms with E-state index in [1.165, 1.54) is 30.0 Å². The van der Waals surface area contributed by atoms with Crippen LogP contribution in [0.4, 0.5) is 14.9 Å². The Balaban J connectivity index is 1.69. The molecule has 25 heavy (non-hydrogen) atoms. The SMILES string of the molecule is O=C(CCSc1ccc(F)cc1)NNC(=O)Nc1cc(Cl)ccc1Cl. The minimum atomic E-state index is -0.649. The summed E-state index contributed by atoms with van der Waals surface area (Å²) in [6.07, 6.45) is 0.181. The molecule has 0 aliphatic carbocycles. The fourth-order valence-electron chi connectivity index (χ4n) is 1.73. The minimum absolute atomic E-state index is 0.181. The Morgan fingerprint density at radius 2 is 1.76 bits per heavy atom. The number of carbonyl (C=O) groups excluding carboxylic acids is 2. The molecule has 0 saturated carbocycles. The number of amides is 3. The molecule has 0 bridgehead atoms. The van der Waals surface area contributed by atoms with Crippen LogP contribution in [0, 0.1) is 5.82 Å². The van der Waals surface area contributed by atoms with E-state index in [4.69, 9.17) is 23.2 Å². The quantitative estimate of drug-likeness (QED) is 0.511. The van der Waals surface area contributed by atoms with Gasteiger partial charge in [-0.3, -0.25) is 10.2 Å². The first kappa shape index (κ1) is 19.4. The molecule has 0 saturated heterocycles. The van der Waals surface area contributed by atoms with E-state index >= 15 is 0 Å². The highest BCUT2D eigenvalue weighted by atomic mass is 35.5. The van der Waals surface area contributed by atoms with Crippen LogP contribution >= 0.6 is 35.0 Å². The first-order chi connectivity index (χ1) is 11.9. The molecular weight excluding hydrogens is 388 g/mol. The standard InChI is InChI=1S/C16H14Cl2FN3O2S/c17-10-1-6-13(18)14(9-10)20-16(24)22-21-15(23)7-8-25-12-4-2-11(19)3-5-12/h1-6,9H,7-8H2,(H,21,23)(H2,20,22,24). The van der Waals surface area contributed by atoms with Crippen molar-refractivity contribution in [2.75, 3.05) is 11.1 Å². The second kappa shape index (κ2) is 9.50. The summed E-state index contributed by atoms with van der Waals surface area (Å²) in [7, 11) is 0. The summed E-state index contributed by atoms with van der Waals surface area (Å²) in [5, 5.41) is 3.21. The van der Waals surface area contributed by atoms with Crippen molar-refractivity contribution >= 4 is 52.6 Å². The monoisotopic (exact) mass is 401 g/mol. The fourth-order valence-corrected chi connectivity index (χ4v) is 2.92. The predicted octanol–water partition coefficient (Wildman–Crippen LogP) is 4.47. The highest BCUT2D eigenvalue weighted by Crippen LogP contribution is 2.25. The van der Waals surface area contributed by atoms with Gasteiger partial charge in [-0.1, -0.05) is 23.2 Å². The van der Waals surface area contributed by atoms with Gasteiger partial charge in [-0.15, -0.1) is 11.8 Å². The van der Waals surface area contributed by atoms with Gasteiger partial charge in [0.05, 0.1) is 10.7 Å². The molecule has 0 fully saturated rings. The zero-order valence-electron chi connectivity index (χ0n) is 12.8. The smallest absolute Gasteiger partial charge is 0.305 e. The number of halogens is 3. The van der Waals surface area contributed by atoms with Gasteiger partial charge in [0.2, 0.25) is 5.91 Å². The van der Waals surface area contributed by atoms with Crippen LogP contribution in [0.3, 0.4) is 0 Å². The van der Waals surface area contributed by atoms with Crippen molar-refractivity contribution in [3.63, 3.8) is 0 Å². The maximum Gasteiger partial charge on any atom is 0.337 e. The van der Waals surface area contributed by atoms with Gasteiger partial charge >= 0.3 is 6.03 Å². The van der Waals surface area contributed by atoms with E-state index < -0.39 is 6.03 Å². The van der Waals surface area contributed by atoms with Gasteiger partial charge in [0.15, 0.2) is 0 Å². The lowest BCUT2D eigenvalue weighted by Gasteiger charge is -2.10. The van der Waals surface area contributed by atoms with Gasteiger partial charge < -0.3 is 5.32 Å². The van der Waals surface area contributed by atoms with Crippen LogP contribution in [0.25, 0.3) is 0 Å². The van der Waals surface area contributed by atoms with Gasteiger partial charge in [-0.25, -0.2) is 14.6 Å². The molecule has 2 aromatic carbocycles. The Labute approximate surface area is 158 Å². The lowest BCUT2D eigenvalue weighted by molar-refractivity contribution is -0.121. The average molecular weight is 402 g/mol. The van der Waals surface area contributed by atoms with Crippen LogP contribution < -0.4 is 16.2 Å². The van der Waals surface area contributed by atoms with Crippen LogP contribution in [0.1, 0.15) is 6.42 Å². The molecule has 2 aromatic rings. The third-order valence-corrected chi connectivity index (χ3v) is 4.48. The average Bonchev–Trinajstić information content (AvgIpc) is 2.58. The summed E-state index contributed by atoms with van der Waals surface area (Å²) in [6, 6.07) is 9.97. The van der Waals surface area contributed by atoms with Gasteiger partial charge in [0.25, 0.3) is 0 Å². The largest absolute Gasteiger partial charge is 0.337 e. The Morgan fingerprint density at radius 1 is 1.04 bits per heavy atom. The summed E-state index contributed by atoms with van der Waals surface area (Å²) < 4.78 is 12.8. The molecular formula is C16H14Cl2FN3O2S. The number of anilines is 1. The lowest BCUT2D eigenvalue weighted by atomic mass is 10.3. The summed E-state index contributed by atoms with van der Waals surface area (Å²) in [5.41, 5.74) is 4.83. The molecule has 0 heterocycles. The first-order valence-electron chi connectivity index (χ1n) is 7.13. The van der Waals surface area contributed by atoms with Crippen LogP contribution in [0.15, 0.2) is 47.4 Å². The van der Waals surface area contributed by atoms with E-state index in [0.29, 0.717) is 21.5 Å². The number of rotatable bonds is 5. The van der Waals surface area contributed by atoms with Crippen LogP contribution in [-0.2, 0) is 4.79 Å². The highest BCUT2D eigenvalue weighted by Gasteiger charge is 2.08. The second-order valence-electron chi connectivity index (χ2n) is 4.80. The van der Waals surface area contributed by atoms with Crippen LogP contribution in [0.2, 0.25) is 10.0 Å². The third kappa shape index (κ3) is 6.81. The van der Waals surface area contributed by atoms with Gasteiger partial charge in [-0.05, 0) is 42.5 Å². The van der Waals surface area contributed by atoms with Crippen molar-refractivity contribution in [3.05, 3.63) is 58.3 Å². The van der Waals surface area contributed by atoms with E-state index in [0.717, 1.165) is 4.90 Å². The van der Waals surface area contributed by atoms with Crippen molar-refractivity contribution < 1.29 is 14.0 Å². The number of hydrogen-bond donors (Lipinski definition) is 3. The summed E-state index contributed by atoms with van der Waals surface area (Å²) >= 11 is 13.2. The number of carbonyl (C=O) groups is 2. The predicted molar refractivity (Wildman–Crippen MR) is 98.5 cm³/mol. The molecule has 0 aromatic heterocycles. The lowest BCUT2D eigenvalue weighted by Crippen LogP contribution is -2.44. The molecule has 3 N–H and O–H groups in total. The first-order valence-corrected chi connectivity index (χ1v) is 8.87. The fraction of sp³-hybridized carbons (Fsp3) is 0.125. The molecule has 0 radical (unpaired) electrons. The Bertz CT molecular complexity index is 760. The number of hydrazine groups is 1. The molecule has 2 rings (SSSR count). The van der Waals surface area contributed by atoms with Crippen molar-refractivity contribution in [3.8, 4) is 0 Å². The number of thioether (sulfide) groups is 1. The Morgan fingerprint density at radius 3 is 2.48 bits per heavy atom.